The SMILES string of the molecule is CC1CCN(CC(O)CN(Cc2ccco2)Cc2ccco2)CC1. The van der Waals surface area contributed by atoms with Crippen molar-refractivity contribution in [2.24, 2.45) is 5.92 Å². The number of rotatable bonds is 8. The van der Waals surface area contributed by atoms with Crippen LogP contribution in [0.5, 0.6) is 0 Å². The molecule has 1 aliphatic heterocycles. The molecule has 0 radical (unpaired) electrons. The summed E-state index contributed by atoms with van der Waals surface area (Å²) >= 11 is 0. The van der Waals surface area contributed by atoms with E-state index in [4.69, 9.17) is 8.83 Å². The van der Waals surface area contributed by atoms with Crippen LogP contribution in [-0.2, 0) is 13.1 Å². The second-order valence-corrected chi connectivity index (χ2v) is 6.97. The normalized spacial score (nSPS) is 18.3. The van der Waals surface area contributed by atoms with E-state index >= 15 is 0 Å². The molecule has 1 saturated heterocycles. The van der Waals surface area contributed by atoms with E-state index in [2.05, 4.69) is 16.7 Å². The molecule has 2 aromatic heterocycles. The fraction of sp³-hybridized carbons (Fsp3) is 0.579. The van der Waals surface area contributed by atoms with Gasteiger partial charge in [-0.25, -0.2) is 0 Å². The number of hydrogen-bond donors (Lipinski definition) is 1. The average Bonchev–Trinajstić information content (AvgIpc) is 3.23. The molecule has 5 nitrogen and oxygen atoms in total. The van der Waals surface area contributed by atoms with Gasteiger partial charge in [-0.3, -0.25) is 4.90 Å². The Morgan fingerprint density at radius 1 is 1.12 bits per heavy atom. The first-order chi connectivity index (χ1) is 11.7. The highest BCUT2D eigenvalue weighted by Crippen LogP contribution is 2.17. The van der Waals surface area contributed by atoms with E-state index in [1.165, 1.54) is 12.8 Å². The van der Waals surface area contributed by atoms with Gasteiger partial charge in [-0.2, -0.15) is 0 Å². The molecule has 5 heteroatoms. The maximum Gasteiger partial charge on any atom is 0.117 e. The molecule has 1 fully saturated rings. The zero-order valence-corrected chi connectivity index (χ0v) is 14.4. The number of hydrogen-bond acceptors (Lipinski definition) is 5. The first kappa shape index (κ1) is 17.3. The number of nitrogens with zero attached hydrogens (tertiary/aromatic N) is 2. The van der Waals surface area contributed by atoms with Gasteiger partial charge in [0.25, 0.3) is 0 Å². The number of β-amino-alcohol motifs (C(OH)–C–C–N with tert-alkyl or cyclic N) is 1. The van der Waals surface area contributed by atoms with Gasteiger partial charge in [0.15, 0.2) is 0 Å². The van der Waals surface area contributed by atoms with Gasteiger partial charge in [0.2, 0.25) is 0 Å². The molecule has 0 saturated carbocycles. The Hall–Kier alpha value is -1.56. The Balaban J connectivity index is 1.53. The Morgan fingerprint density at radius 3 is 2.21 bits per heavy atom. The number of furan rings is 2. The highest BCUT2D eigenvalue weighted by molar-refractivity contribution is 5.01. The second kappa shape index (κ2) is 8.51. The van der Waals surface area contributed by atoms with Crippen molar-refractivity contribution in [1.82, 2.24) is 9.80 Å². The lowest BCUT2D eigenvalue weighted by atomic mass is 9.99. The molecule has 1 aliphatic rings. The fourth-order valence-corrected chi connectivity index (χ4v) is 3.33. The lowest BCUT2D eigenvalue weighted by molar-refractivity contribution is 0.0528. The fourth-order valence-electron chi connectivity index (χ4n) is 3.33. The van der Waals surface area contributed by atoms with Gasteiger partial charge in [0, 0.05) is 13.1 Å². The maximum atomic E-state index is 10.6. The van der Waals surface area contributed by atoms with Crippen LogP contribution in [0.1, 0.15) is 31.3 Å². The van der Waals surface area contributed by atoms with Crippen molar-refractivity contribution in [1.29, 1.82) is 0 Å². The van der Waals surface area contributed by atoms with Crippen molar-refractivity contribution < 1.29 is 13.9 Å². The Kier molecular flexibility index (Phi) is 6.12. The summed E-state index contributed by atoms with van der Waals surface area (Å²) in [6.07, 6.45) is 5.46. The van der Waals surface area contributed by atoms with Gasteiger partial charge in [-0.05, 0) is 56.1 Å². The predicted molar refractivity (Wildman–Crippen MR) is 92.4 cm³/mol. The van der Waals surface area contributed by atoms with Gasteiger partial charge in [0.05, 0.1) is 31.7 Å². The molecule has 0 spiro atoms. The highest BCUT2D eigenvalue weighted by atomic mass is 16.3. The molecule has 3 rings (SSSR count). The maximum absolute atomic E-state index is 10.6. The number of aliphatic hydroxyl groups excluding tert-OH is 1. The van der Waals surface area contributed by atoms with Crippen LogP contribution in [0.4, 0.5) is 0 Å². The minimum Gasteiger partial charge on any atom is -0.468 e. The monoisotopic (exact) mass is 332 g/mol. The number of piperidine rings is 1. The van der Waals surface area contributed by atoms with Crippen LogP contribution in [0, 0.1) is 5.92 Å². The summed E-state index contributed by atoms with van der Waals surface area (Å²) in [4.78, 5) is 4.55. The summed E-state index contributed by atoms with van der Waals surface area (Å²) in [6, 6.07) is 7.72. The number of likely N-dealkylation sites (tertiary alicyclic amines) is 1. The molecule has 0 aliphatic carbocycles. The zero-order valence-electron chi connectivity index (χ0n) is 14.4. The second-order valence-electron chi connectivity index (χ2n) is 6.97. The summed E-state index contributed by atoms with van der Waals surface area (Å²) in [7, 11) is 0. The number of aliphatic hydroxyl groups is 1. The van der Waals surface area contributed by atoms with Crippen molar-refractivity contribution in [2.75, 3.05) is 26.2 Å². The van der Waals surface area contributed by atoms with Crippen molar-refractivity contribution in [3.05, 3.63) is 48.3 Å². The van der Waals surface area contributed by atoms with E-state index in [1.807, 2.05) is 24.3 Å². The van der Waals surface area contributed by atoms with Crippen LogP contribution in [0.25, 0.3) is 0 Å². The van der Waals surface area contributed by atoms with Crippen LogP contribution >= 0.6 is 0 Å². The summed E-state index contributed by atoms with van der Waals surface area (Å²) in [6.45, 7) is 7.17. The quantitative estimate of drug-likeness (QED) is 0.805. The summed E-state index contributed by atoms with van der Waals surface area (Å²) < 4.78 is 10.9. The van der Waals surface area contributed by atoms with E-state index < -0.39 is 0 Å². The third-order valence-corrected chi connectivity index (χ3v) is 4.73. The van der Waals surface area contributed by atoms with Gasteiger partial charge in [-0.1, -0.05) is 6.92 Å². The van der Waals surface area contributed by atoms with Crippen LogP contribution in [0.2, 0.25) is 0 Å². The molecule has 24 heavy (non-hydrogen) atoms. The van der Waals surface area contributed by atoms with Crippen LogP contribution < -0.4 is 0 Å². The summed E-state index contributed by atoms with van der Waals surface area (Å²) in [5.41, 5.74) is 0. The molecule has 1 N–H and O–H groups in total. The van der Waals surface area contributed by atoms with E-state index in [0.29, 0.717) is 19.6 Å². The largest absolute Gasteiger partial charge is 0.468 e. The van der Waals surface area contributed by atoms with Crippen LogP contribution in [0.3, 0.4) is 0 Å². The molecule has 1 atom stereocenters. The van der Waals surface area contributed by atoms with Gasteiger partial charge < -0.3 is 18.8 Å². The molecular formula is C19H28N2O3. The van der Waals surface area contributed by atoms with Crippen molar-refractivity contribution in [3.8, 4) is 0 Å². The Morgan fingerprint density at radius 2 is 1.71 bits per heavy atom. The Labute approximate surface area is 143 Å². The molecule has 0 aromatic carbocycles. The van der Waals surface area contributed by atoms with E-state index in [-0.39, 0.29) is 6.10 Å². The minimum absolute atomic E-state index is 0.372. The van der Waals surface area contributed by atoms with Crippen LogP contribution in [-0.4, -0.2) is 47.2 Å². The Bertz CT molecular complexity index is 523. The molecule has 0 bridgehead atoms. The third-order valence-electron chi connectivity index (χ3n) is 4.73. The zero-order chi connectivity index (χ0) is 16.8. The minimum atomic E-state index is -0.372. The smallest absolute Gasteiger partial charge is 0.117 e. The topological polar surface area (TPSA) is 53.0 Å². The van der Waals surface area contributed by atoms with Crippen molar-refractivity contribution >= 4 is 0 Å². The van der Waals surface area contributed by atoms with E-state index in [1.54, 1.807) is 12.5 Å². The summed E-state index contributed by atoms with van der Waals surface area (Å²) in [5.74, 6) is 2.62. The van der Waals surface area contributed by atoms with Crippen molar-refractivity contribution in [2.45, 2.75) is 39.0 Å². The van der Waals surface area contributed by atoms with Crippen LogP contribution in [0.15, 0.2) is 45.6 Å². The van der Waals surface area contributed by atoms with Gasteiger partial charge in [-0.15, -0.1) is 0 Å². The lowest BCUT2D eigenvalue weighted by Crippen LogP contribution is -2.42. The van der Waals surface area contributed by atoms with Gasteiger partial charge >= 0.3 is 0 Å². The summed E-state index contributed by atoms with van der Waals surface area (Å²) in [5, 5.41) is 10.6. The molecule has 1 unspecified atom stereocenters. The molecule has 132 valence electrons. The standard InChI is InChI=1S/C19H28N2O3/c1-16-6-8-20(9-7-16)12-17(22)13-21(14-18-4-2-10-23-18)15-19-5-3-11-24-19/h2-5,10-11,16-17,22H,6-9,12-15H2,1H3. The molecular weight excluding hydrogens is 304 g/mol. The van der Waals surface area contributed by atoms with E-state index in [9.17, 15) is 5.11 Å². The molecule has 2 aromatic rings. The first-order valence-corrected chi connectivity index (χ1v) is 8.86. The highest BCUT2D eigenvalue weighted by Gasteiger charge is 2.21. The molecule has 3 heterocycles. The van der Waals surface area contributed by atoms with Gasteiger partial charge in [0.1, 0.15) is 11.5 Å². The van der Waals surface area contributed by atoms with E-state index in [0.717, 1.165) is 37.1 Å². The lowest BCUT2D eigenvalue weighted by Gasteiger charge is -2.33. The third kappa shape index (κ3) is 5.23. The van der Waals surface area contributed by atoms with Crippen molar-refractivity contribution in [3.63, 3.8) is 0 Å². The predicted octanol–water partition coefficient (Wildman–Crippen LogP) is 2.97. The average molecular weight is 332 g/mol. The molecule has 0 amide bonds. The first-order valence-electron chi connectivity index (χ1n) is 8.86.